The predicted molar refractivity (Wildman–Crippen MR) is 87.1 cm³/mol. The fourth-order valence-electron chi connectivity index (χ4n) is 3.06. The molecule has 1 N–H and O–H groups in total. The molecular weight excluding hydrogens is 287 g/mol. The van der Waals surface area contributed by atoms with E-state index in [1.165, 1.54) is 6.07 Å². The zero-order chi connectivity index (χ0) is 15.4. The highest BCUT2D eigenvalue weighted by molar-refractivity contribution is 6.31. The van der Waals surface area contributed by atoms with Gasteiger partial charge in [0.15, 0.2) is 0 Å². The van der Waals surface area contributed by atoms with Crippen LogP contribution in [0, 0.1) is 11.7 Å². The second kappa shape index (κ2) is 7.57. The Labute approximate surface area is 132 Å². The number of hydrogen-bond acceptors (Lipinski definition) is 2. The van der Waals surface area contributed by atoms with Crippen LogP contribution in [-0.2, 0) is 6.54 Å². The molecule has 1 heterocycles. The van der Waals surface area contributed by atoms with E-state index in [1.807, 2.05) is 0 Å². The average molecular weight is 313 g/mol. The van der Waals surface area contributed by atoms with Gasteiger partial charge in [-0.15, -0.1) is 0 Å². The third-order valence-electron chi connectivity index (χ3n) is 4.23. The number of nitrogens with zero attached hydrogens (tertiary/aromatic N) is 1. The van der Waals surface area contributed by atoms with Gasteiger partial charge in [0.1, 0.15) is 5.82 Å². The summed E-state index contributed by atoms with van der Waals surface area (Å²) in [5.41, 5.74) is 0.891. The summed E-state index contributed by atoms with van der Waals surface area (Å²) in [6.07, 6.45) is 2.26. The highest BCUT2D eigenvalue weighted by Crippen LogP contribution is 2.23. The van der Waals surface area contributed by atoms with Crippen LogP contribution in [-0.4, -0.2) is 30.1 Å². The van der Waals surface area contributed by atoms with E-state index >= 15 is 0 Å². The molecule has 1 aliphatic rings. The van der Waals surface area contributed by atoms with E-state index in [1.54, 1.807) is 12.1 Å². The molecule has 2 rings (SSSR count). The second-order valence-corrected chi connectivity index (χ2v) is 6.87. The van der Waals surface area contributed by atoms with Gasteiger partial charge >= 0.3 is 0 Å². The van der Waals surface area contributed by atoms with Crippen LogP contribution in [0.2, 0.25) is 5.02 Å². The van der Waals surface area contributed by atoms with Crippen molar-refractivity contribution in [2.45, 2.75) is 52.2 Å². The van der Waals surface area contributed by atoms with Gasteiger partial charge in [-0.3, -0.25) is 4.90 Å². The summed E-state index contributed by atoms with van der Waals surface area (Å²) in [5.74, 6) is 0.442. The van der Waals surface area contributed by atoms with E-state index in [-0.39, 0.29) is 5.82 Å². The van der Waals surface area contributed by atoms with Crippen molar-refractivity contribution >= 4 is 11.6 Å². The van der Waals surface area contributed by atoms with Gasteiger partial charge in [0, 0.05) is 36.7 Å². The van der Waals surface area contributed by atoms with E-state index in [2.05, 4.69) is 31.0 Å². The van der Waals surface area contributed by atoms with Gasteiger partial charge in [0.25, 0.3) is 0 Å². The number of nitrogens with one attached hydrogen (secondary N) is 1. The van der Waals surface area contributed by atoms with Gasteiger partial charge in [0.05, 0.1) is 0 Å². The maximum atomic E-state index is 13.5. The van der Waals surface area contributed by atoms with Crippen molar-refractivity contribution in [2.24, 2.45) is 5.92 Å². The van der Waals surface area contributed by atoms with E-state index in [4.69, 9.17) is 11.6 Å². The van der Waals surface area contributed by atoms with Crippen molar-refractivity contribution in [1.29, 1.82) is 0 Å². The summed E-state index contributed by atoms with van der Waals surface area (Å²) in [5, 5.41) is 4.28. The Morgan fingerprint density at radius 1 is 1.43 bits per heavy atom. The largest absolute Gasteiger partial charge is 0.311 e. The van der Waals surface area contributed by atoms with Crippen LogP contribution in [0.1, 0.15) is 39.2 Å². The summed E-state index contributed by atoms with van der Waals surface area (Å²) in [7, 11) is 0. The lowest BCUT2D eigenvalue weighted by Gasteiger charge is -2.41. The first-order valence-corrected chi connectivity index (χ1v) is 8.28. The van der Waals surface area contributed by atoms with Crippen molar-refractivity contribution in [3.63, 3.8) is 0 Å². The highest BCUT2D eigenvalue weighted by atomic mass is 35.5. The summed E-state index contributed by atoms with van der Waals surface area (Å²) in [4.78, 5) is 2.46. The van der Waals surface area contributed by atoms with Crippen LogP contribution >= 0.6 is 11.6 Å². The minimum atomic E-state index is -0.211. The third kappa shape index (κ3) is 4.67. The van der Waals surface area contributed by atoms with Crippen LogP contribution in [0.3, 0.4) is 0 Å². The molecule has 118 valence electrons. The molecule has 1 aromatic carbocycles. The van der Waals surface area contributed by atoms with Crippen LogP contribution < -0.4 is 5.32 Å². The second-order valence-electron chi connectivity index (χ2n) is 6.46. The number of halogens is 2. The normalized spacial score (nSPS) is 23.7. The molecule has 0 saturated carbocycles. The monoisotopic (exact) mass is 312 g/mol. The molecule has 1 aromatic rings. The molecule has 1 fully saturated rings. The molecule has 2 atom stereocenters. The van der Waals surface area contributed by atoms with Crippen molar-refractivity contribution in [1.82, 2.24) is 10.2 Å². The average Bonchev–Trinajstić information content (AvgIpc) is 2.44. The lowest BCUT2D eigenvalue weighted by Crippen LogP contribution is -2.56. The number of piperazine rings is 1. The van der Waals surface area contributed by atoms with Crippen molar-refractivity contribution in [2.75, 3.05) is 13.1 Å². The fourth-order valence-corrected chi connectivity index (χ4v) is 3.23. The summed E-state index contributed by atoms with van der Waals surface area (Å²) >= 11 is 6.23. The van der Waals surface area contributed by atoms with Crippen molar-refractivity contribution in [3.8, 4) is 0 Å². The van der Waals surface area contributed by atoms with Crippen LogP contribution in [0.25, 0.3) is 0 Å². The Bertz CT molecular complexity index is 464. The maximum absolute atomic E-state index is 13.5. The van der Waals surface area contributed by atoms with Crippen molar-refractivity contribution < 1.29 is 4.39 Å². The zero-order valence-corrected chi connectivity index (χ0v) is 14.0. The maximum Gasteiger partial charge on any atom is 0.123 e. The smallest absolute Gasteiger partial charge is 0.123 e. The van der Waals surface area contributed by atoms with Gasteiger partial charge in [-0.25, -0.2) is 4.39 Å². The molecule has 0 aromatic heterocycles. The Morgan fingerprint density at radius 2 is 2.19 bits per heavy atom. The lowest BCUT2D eigenvalue weighted by molar-refractivity contribution is 0.105. The summed E-state index contributed by atoms with van der Waals surface area (Å²) < 4.78 is 13.5. The molecule has 1 aliphatic heterocycles. The number of hydrogen-bond donors (Lipinski definition) is 1. The lowest BCUT2D eigenvalue weighted by atomic mass is 9.97. The molecule has 1 saturated heterocycles. The Hall–Kier alpha value is -0.640. The SMILES string of the molecule is CCC1CN(Cc2cc(F)ccc2Cl)C(CC(C)C)CN1. The molecule has 0 amide bonds. The molecule has 0 bridgehead atoms. The summed E-state index contributed by atoms with van der Waals surface area (Å²) in [6.45, 7) is 9.43. The van der Waals surface area contributed by atoms with Crippen LogP contribution in [0.15, 0.2) is 18.2 Å². The molecule has 0 aliphatic carbocycles. The highest BCUT2D eigenvalue weighted by Gasteiger charge is 2.27. The Morgan fingerprint density at radius 3 is 2.86 bits per heavy atom. The topological polar surface area (TPSA) is 15.3 Å². The van der Waals surface area contributed by atoms with Crippen LogP contribution in [0.5, 0.6) is 0 Å². The predicted octanol–water partition coefficient (Wildman–Crippen LogP) is 4.08. The van der Waals surface area contributed by atoms with E-state index in [0.717, 1.165) is 38.0 Å². The van der Waals surface area contributed by atoms with Gasteiger partial charge in [0.2, 0.25) is 0 Å². The molecule has 0 spiro atoms. The third-order valence-corrected chi connectivity index (χ3v) is 4.60. The van der Waals surface area contributed by atoms with Gasteiger partial charge in [-0.2, -0.15) is 0 Å². The van der Waals surface area contributed by atoms with E-state index in [9.17, 15) is 4.39 Å². The first-order valence-electron chi connectivity index (χ1n) is 7.91. The fraction of sp³-hybridized carbons (Fsp3) is 0.647. The van der Waals surface area contributed by atoms with E-state index in [0.29, 0.717) is 23.0 Å². The number of benzene rings is 1. The zero-order valence-electron chi connectivity index (χ0n) is 13.2. The molecule has 2 nitrogen and oxygen atoms in total. The van der Waals surface area contributed by atoms with E-state index < -0.39 is 0 Å². The molecule has 2 unspecified atom stereocenters. The Balaban J connectivity index is 2.13. The van der Waals surface area contributed by atoms with Gasteiger partial charge in [-0.05, 0) is 42.5 Å². The minimum Gasteiger partial charge on any atom is -0.311 e. The summed E-state index contributed by atoms with van der Waals surface area (Å²) in [6, 6.07) is 5.65. The first kappa shape index (κ1) is 16.7. The van der Waals surface area contributed by atoms with Crippen LogP contribution in [0.4, 0.5) is 4.39 Å². The van der Waals surface area contributed by atoms with Gasteiger partial charge in [-0.1, -0.05) is 32.4 Å². The first-order chi connectivity index (χ1) is 9.99. The quantitative estimate of drug-likeness (QED) is 0.881. The van der Waals surface area contributed by atoms with Crippen molar-refractivity contribution in [3.05, 3.63) is 34.6 Å². The molecule has 0 radical (unpaired) electrons. The minimum absolute atomic E-state index is 0.211. The molecule has 4 heteroatoms. The Kier molecular flexibility index (Phi) is 6.03. The number of rotatable bonds is 5. The molecular formula is C17H26ClFN2. The molecule has 21 heavy (non-hydrogen) atoms. The van der Waals surface area contributed by atoms with Gasteiger partial charge < -0.3 is 5.32 Å². The standard InChI is InChI=1S/C17H26ClFN2/c1-4-15-11-21(16(9-20-15)7-12(2)3)10-13-8-14(19)5-6-17(13)18/h5-6,8,12,15-16,20H,4,7,9-11H2,1-3H3.